The minimum Gasteiger partial charge on any atom is -0.487 e. The van der Waals surface area contributed by atoms with Crippen molar-refractivity contribution in [2.24, 2.45) is 0 Å². The van der Waals surface area contributed by atoms with Gasteiger partial charge in [0.2, 0.25) is 5.82 Å². The van der Waals surface area contributed by atoms with Crippen LogP contribution in [0.5, 0.6) is 5.75 Å². The Labute approximate surface area is 151 Å². The van der Waals surface area contributed by atoms with Crippen molar-refractivity contribution in [2.45, 2.75) is 19.4 Å². The predicted molar refractivity (Wildman–Crippen MR) is 88.9 cm³/mol. The molecule has 10 heteroatoms. The summed E-state index contributed by atoms with van der Waals surface area (Å²) in [5.74, 6) is -5.79. The summed E-state index contributed by atoms with van der Waals surface area (Å²) in [7, 11) is 0. The molecule has 0 aromatic heterocycles. The number of ether oxygens (including phenoxy) is 1. The molecule has 2 rings (SSSR count). The number of halogens is 3. The van der Waals surface area contributed by atoms with Crippen molar-refractivity contribution >= 4 is 17.3 Å². The molecule has 0 saturated heterocycles. The highest BCUT2D eigenvalue weighted by atomic mass is 19.2. The summed E-state index contributed by atoms with van der Waals surface area (Å²) in [5.41, 5.74) is -1.88. The van der Waals surface area contributed by atoms with Gasteiger partial charge in [0.05, 0.1) is 4.92 Å². The smallest absolute Gasteiger partial charge is 0.272 e. The first-order chi connectivity index (χ1) is 12.5. The number of hydrogen-bond donors (Lipinski definition) is 2. The van der Waals surface area contributed by atoms with E-state index in [9.17, 15) is 33.2 Å². The number of nitrogens with zero attached hydrogens (tertiary/aromatic N) is 1. The third kappa shape index (κ3) is 4.73. The van der Waals surface area contributed by atoms with E-state index in [2.05, 4.69) is 5.32 Å². The quantitative estimate of drug-likeness (QED) is 0.453. The van der Waals surface area contributed by atoms with Gasteiger partial charge in [0.15, 0.2) is 17.2 Å². The van der Waals surface area contributed by atoms with Gasteiger partial charge in [-0.25, -0.2) is 8.78 Å². The maximum Gasteiger partial charge on any atom is 0.272 e. The highest BCUT2D eigenvalue weighted by molar-refractivity contribution is 5.97. The normalized spacial score (nSPS) is 13.0. The summed E-state index contributed by atoms with van der Waals surface area (Å²) in [6.07, 6.45) is 0. The third-order valence-corrected chi connectivity index (χ3v) is 3.61. The van der Waals surface area contributed by atoms with Crippen LogP contribution >= 0.6 is 0 Å². The molecule has 0 unspecified atom stereocenters. The van der Waals surface area contributed by atoms with Gasteiger partial charge in [-0.05, 0) is 26.0 Å². The number of carbonyl (C=O) groups excluding carboxylic acids is 1. The van der Waals surface area contributed by atoms with E-state index in [-0.39, 0.29) is 16.9 Å². The second kappa shape index (κ2) is 7.62. The second-order valence-electron chi connectivity index (χ2n) is 5.97. The first-order valence-electron chi connectivity index (χ1n) is 7.57. The number of aliphatic hydroxyl groups is 1. The average Bonchev–Trinajstić information content (AvgIpc) is 2.56. The maximum atomic E-state index is 13.5. The van der Waals surface area contributed by atoms with E-state index < -0.39 is 46.2 Å². The fourth-order valence-electron chi connectivity index (χ4n) is 2.13. The molecule has 7 nitrogen and oxygen atoms in total. The van der Waals surface area contributed by atoms with Crippen LogP contribution in [0.4, 0.5) is 24.5 Å². The molecule has 144 valence electrons. The van der Waals surface area contributed by atoms with E-state index in [0.29, 0.717) is 12.1 Å². The number of nitro groups is 1. The molecule has 0 radical (unpaired) electrons. The Balaban J connectivity index is 2.09. The van der Waals surface area contributed by atoms with E-state index in [0.717, 1.165) is 6.92 Å². The highest BCUT2D eigenvalue weighted by Crippen LogP contribution is 2.24. The zero-order valence-corrected chi connectivity index (χ0v) is 14.3. The summed E-state index contributed by atoms with van der Waals surface area (Å²) in [6, 6.07) is 4.67. The van der Waals surface area contributed by atoms with Gasteiger partial charge in [-0.3, -0.25) is 14.9 Å². The summed E-state index contributed by atoms with van der Waals surface area (Å²) in [6.45, 7) is 1.72. The van der Waals surface area contributed by atoms with Crippen molar-refractivity contribution in [1.82, 2.24) is 0 Å². The number of nitrogens with one attached hydrogen (secondary N) is 1. The maximum absolute atomic E-state index is 13.5. The largest absolute Gasteiger partial charge is 0.487 e. The molecule has 0 fully saturated rings. The van der Waals surface area contributed by atoms with Crippen LogP contribution < -0.4 is 10.1 Å². The van der Waals surface area contributed by atoms with Gasteiger partial charge >= 0.3 is 0 Å². The highest BCUT2D eigenvalue weighted by Gasteiger charge is 2.32. The fraction of sp³-hybridized carbons (Fsp3) is 0.235. The Kier molecular flexibility index (Phi) is 5.69. The molecule has 0 heterocycles. The molecule has 0 aliphatic carbocycles. The fourth-order valence-corrected chi connectivity index (χ4v) is 2.13. The Morgan fingerprint density at radius 2 is 1.96 bits per heavy atom. The predicted octanol–water partition coefficient (Wildman–Crippen LogP) is 3.09. The van der Waals surface area contributed by atoms with Crippen LogP contribution in [0.2, 0.25) is 0 Å². The Morgan fingerprint density at radius 3 is 2.56 bits per heavy atom. The lowest BCUT2D eigenvalue weighted by Crippen LogP contribution is -2.45. The summed E-state index contributed by atoms with van der Waals surface area (Å²) >= 11 is 0. The monoisotopic (exact) mass is 384 g/mol. The van der Waals surface area contributed by atoms with Crippen molar-refractivity contribution in [3.8, 4) is 5.75 Å². The zero-order valence-electron chi connectivity index (χ0n) is 14.3. The number of rotatable bonds is 6. The van der Waals surface area contributed by atoms with Gasteiger partial charge in [0.25, 0.3) is 11.6 Å². The molecular weight excluding hydrogens is 369 g/mol. The minimum atomic E-state index is -2.19. The molecular formula is C17H15F3N2O5. The minimum absolute atomic E-state index is 0.147. The molecule has 0 saturated carbocycles. The molecule has 0 aliphatic heterocycles. The van der Waals surface area contributed by atoms with Gasteiger partial charge in [0.1, 0.15) is 12.4 Å². The van der Waals surface area contributed by atoms with Crippen molar-refractivity contribution in [3.63, 3.8) is 0 Å². The number of aryl methyl sites for hydroxylation is 1. The van der Waals surface area contributed by atoms with Crippen molar-refractivity contribution in [1.29, 1.82) is 0 Å². The van der Waals surface area contributed by atoms with Crippen molar-refractivity contribution < 1.29 is 32.7 Å². The van der Waals surface area contributed by atoms with Gasteiger partial charge < -0.3 is 15.2 Å². The van der Waals surface area contributed by atoms with E-state index in [1.807, 2.05) is 0 Å². The van der Waals surface area contributed by atoms with Crippen molar-refractivity contribution in [3.05, 3.63) is 63.5 Å². The number of anilines is 1. The van der Waals surface area contributed by atoms with Crippen LogP contribution in [0, 0.1) is 34.5 Å². The number of carbonyl (C=O) groups is 1. The first-order valence-corrected chi connectivity index (χ1v) is 7.57. The SMILES string of the molecule is Cc1cc(NC(=O)[C@@](C)(O)COc2cc(F)cc(F)c2F)ccc1[N+](=O)[O-]. The van der Waals surface area contributed by atoms with Gasteiger partial charge in [-0.1, -0.05) is 0 Å². The van der Waals surface area contributed by atoms with Crippen molar-refractivity contribution in [2.75, 3.05) is 11.9 Å². The second-order valence-corrected chi connectivity index (χ2v) is 5.97. The summed E-state index contributed by atoms with van der Waals surface area (Å²) in [5, 5.41) is 23.3. The molecule has 27 heavy (non-hydrogen) atoms. The Bertz CT molecular complexity index is 902. The summed E-state index contributed by atoms with van der Waals surface area (Å²) < 4.78 is 44.7. The lowest BCUT2D eigenvalue weighted by molar-refractivity contribution is -0.385. The number of nitro benzene ring substituents is 1. The van der Waals surface area contributed by atoms with E-state index in [1.54, 1.807) is 0 Å². The van der Waals surface area contributed by atoms with Crippen LogP contribution in [-0.2, 0) is 4.79 Å². The molecule has 0 aliphatic rings. The van der Waals surface area contributed by atoms with Gasteiger partial charge in [0, 0.05) is 29.4 Å². The van der Waals surface area contributed by atoms with Crippen LogP contribution in [0.3, 0.4) is 0 Å². The molecule has 1 amide bonds. The van der Waals surface area contributed by atoms with Crippen LogP contribution in [0.15, 0.2) is 30.3 Å². The lowest BCUT2D eigenvalue weighted by Gasteiger charge is -2.23. The van der Waals surface area contributed by atoms with E-state index in [1.165, 1.54) is 25.1 Å². The topological polar surface area (TPSA) is 102 Å². The lowest BCUT2D eigenvalue weighted by atomic mass is 10.1. The third-order valence-electron chi connectivity index (χ3n) is 3.61. The number of hydrogen-bond acceptors (Lipinski definition) is 5. The zero-order chi connectivity index (χ0) is 20.4. The molecule has 0 bridgehead atoms. The summed E-state index contributed by atoms with van der Waals surface area (Å²) in [4.78, 5) is 22.4. The van der Waals surface area contributed by atoms with Crippen LogP contribution in [0.1, 0.15) is 12.5 Å². The molecule has 0 spiro atoms. The molecule has 2 aromatic rings. The van der Waals surface area contributed by atoms with Gasteiger partial charge in [-0.2, -0.15) is 4.39 Å². The van der Waals surface area contributed by atoms with Gasteiger partial charge in [-0.15, -0.1) is 0 Å². The Morgan fingerprint density at radius 1 is 1.30 bits per heavy atom. The van der Waals surface area contributed by atoms with E-state index >= 15 is 0 Å². The van der Waals surface area contributed by atoms with Crippen LogP contribution in [-0.4, -0.2) is 28.1 Å². The molecule has 2 N–H and O–H groups in total. The van der Waals surface area contributed by atoms with E-state index in [4.69, 9.17) is 4.74 Å². The number of amides is 1. The average molecular weight is 384 g/mol. The molecule has 1 atom stereocenters. The standard InChI is InChI=1S/C17H15F3N2O5/c1-9-5-11(3-4-13(9)22(25)26)21-16(23)17(2,24)8-27-14-7-10(18)6-12(19)15(14)20/h3-7,24H,8H2,1-2H3,(H,21,23)/t17-/m0/s1. The number of benzene rings is 2. The first kappa shape index (κ1) is 20.2. The van der Waals surface area contributed by atoms with Crippen LogP contribution in [0.25, 0.3) is 0 Å². The Hall–Kier alpha value is -3.14. The molecule has 2 aromatic carbocycles.